The van der Waals surface area contributed by atoms with Crippen molar-refractivity contribution in [3.63, 3.8) is 0 Å². The van der Waals surface area contributed by atoms with Crippen LogP contribution in [0.4, 0.5) is 0 Å². The lowest BCUT2D eigenvalue weighted by atomic mass is 10.7. The monoisotopic (exact) mass is 118 g/mol. The quantitative estimate of drug-likeness (QED) is 0.481. The molecule has 3 heteroatoms. The molecule has 0 bridgehead atoms. The minimum Gasteiger partial charge on any atom is -0.489 e. The molecule has 0 amide bonds. The van der Waals surface area contributed by atoms with Crippen molar-refractivity contribution in [1.82, 2.24) is 0 Å². The largest absolute Gasteiger partial charge is 0.489 e. The van der Waals surface area contributed by atoms with E-state index in [-0.39, 0.29) is 0 Å². The second kappa shape index (κ2) is 2.14. The average Bonchev–Trinajstić information content (AvgIpc) is 1.69. The first-order valence-corrected chi connectivity index (χ1v) is 3.31. The van der Waals surface area contributed by atoms with Gasteiger partial charge in [0.1, 0.15) is 0 Å². The molecule has 1 unspecified atom stereocenters. The van der Waals surface area contributed by atoms with Crippen molar-refractivity contribution in [3.05, 3.63) is 12.3 Å². The van der Waals surface area contributed by atoms with Crippen LogP contribution >= 0.6 is 10.8 Å². The highest BCUT2D eigenvalue weighted by molar-refractivity contribution is 8.10. The van der Waals surface area contributed by atoms with E-state index in [0.717, 1.165) is 0 Å². The standard InChI is InChI=1S/C4H6O2S/c5-7-3-1-2-6-4-7/h1-3,5H,4H2. The molecule has 40 valence electrons. The Morgan fingerprint density at radius 1 is 1.71 bits per heavy atom. The lowest BCUT2D eigenvalue weighted by Gasteiger charge is -2.02. The first-order valence-electron chi connectivity index (χ1n) is 1.90. The fourth-order valence-electron chi connectivity index (χ4n) is 0.327. The molecule has 1 aliphatic rings. The van der Waals surface area contributed by atoms with Crippen LogP contribution in [0.3, 0.4) is 0 Å². The minimum absolute atomic E-state index is 0.427. The summed E-state index contributed by atoms with van der Waals surface area (Å²) in [4.78, 5) is 0. The van der Waals surface area contributed by atoms with E-state index in [1.54, 1.807) is 17.7 Å². The second-order valence-corrected chi connectivity index (χ2v) is 2.46. The molecule has 0 aliphatic carbocycles. The van der Waals surface area contributed by atoms with Crippen LogP contribution in [-0.4, -0.2) is 15.9 Å². The van der Waals surface area contributed by atoms with E-state index in [1.807, 2.05) is 0 Å². The van der Waals surface area contributed by atoms with E-state index in [1.165, 1.54) is 0 Å². The summed E-state index contributed by atoms with van der Waals surface area (Å²) in [5, 5.41) is 1.71. The zero-order chi connectivity index (χ0) is 5.11. The van der Waals surface area contributed by atoms with E-state index in [0.29, 0.717) is 5.94 Å². The Morgan fingerprint density at radius 3 is 2.86 bits per heavy atom. The molecule has 0 saturated heterocycles. The molecule has 0 radical (unpaired) electrons. The molecule has 2 nitrogen and oxygen atoms in total. The zero-order valence-corrected chi connectivity index (χ0v) is 4.52. The van der Waals surface area contributed by atoms with Crippen LogP contribution in [0.25, 0.3) is 0 Å². The number of rotatable bonds is 0. The Labute approximate surface area is 44.6 Å². The number of hydrogen-bond donors (Lipinski definition) is 1. The summed E-state index contributed by atoms with van der Waals surface area (Å²) in [7, 11) is -0.624. The Morgan fingerprint density at radius 2 is 2.57 bits per heavy atom. The molecule has 1 rings (SSSR count). The Kier molecular flexibility index (Phi) is 1.49. The van der Waals surface area contributed by atoms with Gasteiger partial charge in [-0.05, 0) is 22.2 Å². The topological polar surface area (TPSA) is 29.5 Å². The molecule has 0 saturated carbocycles. The van der Waals surface area contributed by atoms with E-state index in [9.17, 15) is 0 Å². The van der Waals surface area contributed by atoms with Gasteiger partial charge in [0.25, 0.3) is 0 Å². The van der Waals surface area contributed by atoms with Gasteiger partial charge in [0.15, 0.2) is 5.94 Å². The molecule has 0 fully saturated rings. The first kappa shape index (κ1) is 4.87. The molecule has 0 aromatic rings. The maximum atomic E-state index is 8.71. The number of hydrogen-bond acceptors (Lipinski definition) is 2. The lowest BCUT2D eigenvalue weighted by molar-refractivity contribution is 0.310. The van der Waals surface area contributed by atoms with Crippen molar-refractivity contribution in [2.75, 3.05) is 5.94 Å². The van der Waals surface area contributed by atoms with Crippen LogP contribution in [0.2, 0.25) is 0 Å². The molecule has 1 N–H and O–H groups in total. The van der Waals surface area contributed by atoms with E-state index in [4.69, 9.17) is 9.29 Å². The van der Waals surface area contributed by atoms with Crippen molar-refractivity contribution < 1.29 is 9.29 Å². The maximum Gasteiger partial charge on any atom is 0.151 e. The highest BCUT2D eigenvalue weighted by Gasteiger charge is 1.88. The Balaban J connectivity index is 2.57. The molecule has 7 heavy (non-hydrogen) atoms. The summed E-state index contributed by atoms with van der Waals surface area (Å²) < 4.78 is 13.4. The van der Waals surface area contributed by atoms with Crippen LogP contribution in [0.1, 0.15) is 0 Å². The van der Waals surface area contributed by atoms with Crippen molar-refractivity contribution >= 4 is 16.1 Å². The van der Waals surface area contributed by atoms with Crippen LogP contribution in [0.15, 0.2) is 12.3 Å². The highest BCUT2D eigenvalue weighted by Crippen LogP contribution is 2.07. The third-order valence-corrected chi connectivity index (χ3v) is 1.45. The second-order valence-electron chi connectivity index (χ2n) is 1.15. The minimum atomic E-state index is -0.624. The van der Waals surface area contributed by atoms with Gasteiger partial charge in [-0.3, -0.25) is 0 Å². The fraction of sp³-hybridized carbons (Fsp3) is 0.250. The summed E-state index contributed by atoms with van der Waals surface area (Å²) in [6, 6.07) is 0. The van der Waals surface area contributed by atoms with Gasteiger partial charge in [-0.25, -0.2) is 0 Å². The van der Waals surface area contributed by atoms with Gasteiger partial charge in [-0.2, -0.15) is 0 Å². The summed E-state index contributed by atoms with van der Waals surface area (Å²) in [6.45, 7) is 0. The lowest BCUT2D eigenvalue weighted by Crippen LogP contribution is -1.88. The van der Waals surface area contributed by atoms with E-state index < -0.39 is 10.8 Å². The van der Waals surface area contributed by atoms with Crippen LogP contribution < -0.4 is 0 Å². The van der Waals surface area contributed by atoms with Crippen molar-refractivity contribution in [3.8, 4) is 0 Å². The van der Waals surface area contributed by atoms with Crippen molar-refractivity contribution in [2.24, 2.45) is 0 Å². The number of ether oxygens (including phenoxy) is 1. The van der Waals surface area contributed by atoms with Crippen molar-refractivity contribution in [1.29, 1.82) is 0 Å². The zero-order valence-electron chi connectivity index (χ0n) is 3.70. The summed E-state index contributed by atoms with van der Waals surface area (Å²) in [6.07, 6.45) is 3.27. The van der Waals surface area contributed by atoms with Crippen molar-refractivity contribution in [2.45, 2.75) is 0 Å². The van der Waals surface area contributed by atoms with Crippen LogP contribution in [-0.2, 0) is 4.74 Å². The number of allylic oxidation sites excluding steroid dienone is 1. The SMILES string of the molecule is OS1=CC=COC1. The van der Waals surface area contributed by atoms with E-state index in [2.05, 4.69) is 0 Å². The fourth-order valence-corrected chi connectivity index (χ4v) is 0.869. The Hall–Kier alpha value is -0.280. The van der Waals surface area contributed by atoms with E-state index >= 15 is 0 Å². The van der Waals surface area contributed by atoms with Gasteiger partial charge >= 0.3 is 0 Å². The highest BCUT2D eigenvalue weighted by atomic mass is 32.2. The molecule has 1 aliphatic heterocycles. The molecular formula is C4H6O2S. The van der Waals surface area contributed by atoms with Gasteiger partial charge in [-0.1, -0.05) is 0 Å². The summed E-state index contributed by atoms with van der Waals surface area (Å²) >= 11 is 0. The Bertz CT molecular complexity index is 117. The summed E-state index contributed by atoms with van der Waals surface area (Å²) in [5.41, 5.74) is 0. The summed E-state index contributed by atoms with van der Waals surface area (Å²) in [5.74, 6) is 0.427. The molecule has 0 spiro atoms. The molecule has 0 aromatic heterocycles. The molecule has 1 heterocycles. The van der Waals surface area contributed by atoms with Gasteiger partial charge < -0.3 is 9.29 Å². The molecule has 1 atom stereocenters. The average molecular weight is 118 g/mol. The predicted octanol–water partition coefficient (Wildman–Crippen LogP) is 1.03. The van der Waals surface area contributed by atoms with Crippen LogP contribution in [0, 0.1) is 0 Å². The third-order valence-electron chi connectivity index (χ3n) is 0.599. The maximum absolute atomic E-state index is 8.71. The third kappa shape index (κ3) is 1.33. The first-order chi connectivity index (χ1) is 3.39. The van der Waals surface area contributed by atoms with Gasteiger partial charge in [0.2, 0.25) is 0 Å². The molecule has 0 aromatic carbocycles. The smallest absolute Gasteiger partial charge is 0.151 e. The predicted molar refractivity (Wildman–Crippen MR) is 31.4 cm³/mol. The van der Waals surface area contributed by atoms with Gasteiger partial charge in [0.05, 0.1) is 6.26 Å². The van der Waals surface area contributed by atoms with Gasteiger partial charge in [0, 0.05) is 0 Å². The van der Waals surface area contributed by atoms with Gasteiger partial charge in [-0.15, -0.1) is 0 Å². The molecular weight excluding hydrogens is 112 g/mol. The van der Waals surface area contributed by atoms with Crippen LogP contribution in [0.5, 0.6) is 0 Å². The normalized spacial score (nSPS) is 28.4.